The van der Waals surface area contributed by atoms with Crippen LogP contribution in [0.15, 0.2) is 48.5 Å². The molecule has 3 aromatic rings. The first-order valence-corrected chi connectivity index (χ1v) is 11.7. The van der Waals surface area contributed by atoms with Gasteiger partial charge in [0.1, 0.15) is 5.01 Å². The minimum Gasteiger partial charge on any atom is -0.241 e. The number of thiazole rings is 1. The summed E-state index contributed by atoms with van der Waals surface area (Å²) >= 11 is 1.68. The van der Waals surface area contributed by atoms with Crippen molar-refractivity contribution in [2.45, 2.75) is 59.8 Å². The van der Waals surface area contributed by atoms with Crippen LogP contribution in [0.1, 0.15) is 60.5 Å². The normalized spacial score (nSPS) is 13.1. The Hall–Kier alpha value is -2.33. The van der Waals surface area contributed by atoms with Gasteiger partial charge in [-0.3, -0.25) is 0 Å². The molecule has 0 amide bonds. The Labute approximate surface area is 188 Å². The van der Waals surface area contributed by atoms with E-state index < -0.39 is 5.92 Å². The summed E-state index contributed by atoms with van der Waals surface area (Å²) in [4.78, 5) is 6.19. The van der Waals surface area contributed by atoms with Crippen molar-refractivity contribution in [1.29, 1.82) is 0 Å². The Bertz CT molecular complexity index is 1040. The number of nitrogens with zero attached hydrogens (tertiary/aromatic N) is 1. The molecule has 3 rings (SSSR count). The molecule has 1 aromatic heterocycles. The van der Waals surface area contributed by atoms with Crippen molar-refractivity contribution in [3.8, 4) is 10.6 Å². The van der Waals surface area contributed by atoms with Crippen LogP contribution in [0, 0.1) is 12.8 Å². The van der Waals surface area contributed by atoms with E-state index in [0.29, 0.717) is 5.92 Å². The number of benzene rings is 2. The second kappa shape index (κ2) is 9.86. The molecule has 0 aliphatic heterocycles. The van der Waals surface area contributed by atoms with Gasteiger partial charge in [0.2, 0.25) is 0 Å². The van der Waals surface area contributed by atoms with Crippen LogP contribution in [-0.4, -0.2) is 4.98 Å². The number of alkyl halides is 2. The SMILES string of the molecule is C/C=C\c1cc(CC(C)Cc2nc(-c3ccc(C(C)(F)F)cc3)sc2CC)ccc1C. The molecule has 164 valence electrons. The van der Waals surface area contributed by atoms with Gasteiger partial charge >= 0.3 is 0 Å². The van der Waals surface area contributed by atoms with Gasteiger partial charge in [-0.15, -0.1) is 11.3 Å². The Kier molecular flexibility index (Phi) is 7.42. The number of hydrogen-bond acceptors (Lipinski definition) is 2. The van der Waals surface area contributed by atoms with E-state index in [2.05, 4.69) is 51.1 Å². The highest BCUT2D eigenvalue weighted by Gasteiger charge is 2.24. The van der Waals surface area contributed by atoms with Crippen LogP contribution >= 0.6 is 11.3 Å². The molecule has 0 radical (unpaired) electrons. The average molecular weight is 440 g/mol. The van der Waals surface area contributed by atoms with E-state index in [1.807, 2.05) is 6.92 Å². The molecule has 0 aliphatic carbocycles. The fraction of sp³-hybridized carbons (Fsp3) is 0.370. The number of aromatic nitrogens is 1. The fourth-order valence-electron chi connectivity index (χ4n) is 3.83. The molecular weight excluding hydrogens is 408 g/mol. The highest BCUT2D eigenvalue weighted by molar-refractivity contribution is 7.15. The first-order chi connectivity index (χ1) is 14.7. The van der Waals surface area contributed by atoms with Gasteiger partial charge in [0, 0.05) is 22.9 Å². The number of halogens is 2. The molecule has 1 atom stereocenters. The van der Waals surface area contributed by atoms with E-state index in [9.17, 15) is 8.78 Å². The third-order valence-corrected chi connectivity index (χ3v) is 6.84. The highest BCUT2D eigenvalue weighted by Crippen LogP contribution is 2.33. The molecular formula is C27H31F2NS. The Balaban J connectivity index is 1.76. The third-order valence-electron chi connectivity index (χ3n) is 5.55. The largest absolute Gasteiger partial charge is 0.270 e. The standard InChI is InChI=1S/C27H31F2NS/c1-6-8-22-17-20(10-9-19(22)4)15-18(3)16-24-25(7-2)31-26(30-24)21-11-13-23(14-12-21)27(5,28)29/h6,8-14,17-18H,7,15-16H2,1-5H3/b8-6-. The molecule has 0 N–H and O–H groups in total. The molecule has 0 fully saturated rings. The van der Waals surface area contributed by atoms with Crippen molar-refractivity contribution < 1.29 is 8.78 Å². The number of hydrogen-bond donors (Lipinski definition) is 0. The van der Waals surface area contributed by atoms with Gasteiger partial charge in [-0.05, 0) is 55.7 Å². The number of rotatable bonds is 8. The van der Waals surface area contributed by atoms with E-state index in [1.54, 1.807) is 23.5 Å². The first-order valence-electron chi connectivity index (χ1n) is 10.9. The lowest BCUT2D eigenvalue weighted by atomic mass is 9.94. The topological polar surface area (TPSA) is 12.9 Å². The summed E-state index contributed by atoms with van der Waals surface area (Å²) in [6.45, 7) is 9.53. The van der Waals surface area contributed by atoms with Crippen molar-refractivity contribution in [2.75, 3.05) is 0 Å². The maximum absolute atomic E-state index is 13.5. The van der Waals surface area contributed by atoms with Crippen molar-refractivity contribution in [2.24, 2.45) is 5.92 Å². The Morgan fingerprint density at radius 3 is 2.42 bits per heavy atom. The molecule has 0 spiro atoms. The van der Waals surface area contributed by atoms with Crippen LogP contribution in [-0.2, 0) is 25.2 Å². The van der Waals surface area contributed by atoms with Crippen LogP contribution in [0.25, 0.3) is 16.6 Å². The molecule has 0 saturated carbocycles. The minimum absolute atomic E-state index is 0.0350. The molecule has 0 aliphatic rings. The van der Waals surface area contributed by atoms with Crippen molar-refractivity contribution >= 4 is 17.4 Å². The van der Waals surface area contributed by atoms with Gasteiger partial charge in [0.15, 0.2) is 0 Å². The Morgan fingerprint density at radius 1 is 1.10 bits per heavy atom. The number of allylic oxidation sites excluding steroid dienone is 1. The molecule has 31 heavy (non-hydrogen) atoms. The van der Waals surface area contributed by atoms with E-state index >= 15 is 0 Å². The van der Waals surface area contributed by atoms with Gasteiger partial charge in [-0.25, -0.2) is 13.8 Å². The molecule has 1 nitrogen and oxygen atoms in total. The van der Waals surface area contributed by atoms with Crippen molar-refractivity contribution in [1.82, 2.24) is 4.98 Å². The van der Waals surface area contributed by atoms with Gasteiger partial charge in [-0.2, -0.15) is 0 Å². The molecule has 0 bridgehead atoms. The maximum Gasteiger partial charge on any atom is 0.270 e. The number of aryl methyl sites for hydroxylation is 2. The van der Waals surface area contributed by atoms with Crippen LogP contribution in [0.4, 0.5) is 8.78 Å². The molecule has 1 heterocycles. The zero-order valence-corrected chi connectivity index (χ0v) is 19.8. The van der Waals surface area contributed by atoms with Crippen LogP contribution in [0.2, 0.25) is 0 Å². The van der Waals surface area contributed by atoms with Crippen LogP contribution in [0.5, 0.6) is 0 Å². The van der Waals surface area contributed by atoms with Crippen molar-refractivity contribution in [3.05, 3.63) is 81.4 Å². The third kappa shape index (κ3) is 5.88. The summed E-state index contributed by atoms with van der Waals surface area (Å²) in [5.74, 6) is -2.36. The molecule has 1 unspecified atom stereocenters. The quantitative estimate of drug-likeness (QED) is 0.344. The summed E-state index contributed by atoms with van der Waals surface area (Å²) in [5.41, 5.74) is 5.99. The van der Waals surface area contributed by atoms with Gasteiger partial charge in [0.25, 0.3) is 5.92 Å². The smallest absolute Gasteiger partial charge is 0.241 e. The summed E-state index contributed by atoms with van der Waals surface area (Å²) < 4.78 is 27.0. The predicted octanol–water partition coefficient (Wildman–Crippen LogP) is 8.25. The lowest BCUT2D eigenvalue weighted by Crippen LogP contribution is -2.06. The second-order valence-corrected chi connectivity index (χ2v) is 9.50. The first kappa shape index (κ1) is 23.3. The van der Waals surface area contributed by atoms with E-state index in [1.165, 1.54) is 33.7 Å². The Morgan fingerprint density at radius 2 is 1.81 bits per heavy atom. The van der Waals surface area contributed by atoms with Gasteiger partial charge in [0.05, 0.1) is 5.69 Å². The average Bonchev–Trinajstić information content (AvgIpc) is 3.13. The van der Waals surface area contributed by atoms with Gasteiger partial charge < -0.3 is 0 Å². The fourth-order valence-corrected chi connectivity index (χ4v) is 4.86. The molecule has 4 heteroatoms. The summed E-state index contributed by atoms with van der Waals surface area (Å²) in [7, 11) is 0. The summed E-state index contributed by atoms with van der Waals surface area (Å²) in [6.07, 6.45) is 7.08. The minimum atomic E-state index is -2.82. The van der Waals surface area contributed by atoms with E-state index in [0.717, 1.165) is 42.5 Å². The molecule has 0 saturated heterocycles. The lowest BCUT2D eigenvalue weighted by molar-refractivity contribution is 0.0175. The van der Waals surface area contributed by atoms with E-state index in [4.69, 9.17) is 4.98 Å². The van der Waals surface area contributed by atoms with E-state index in [-0.39, 0.29) is 5.56 Å². The van der Waals surface area contributed by atoms with Crippen LogP contribution < -0.4 is 0 Å². The summed E-state index contributed by atoms with van der Waals surface area (Å²) in [5, 5.41) is 0.913. The highest BCUT2D eigenvalue weighted by atomic mass is 32.1. The predicted molar refractivity (Wildman–Crippen MR) is 129 cm³/mol. The van der Waals surface area contributed by atoms with Crippen molar-refractivity contribution in [3.63, 3.8) is 0 Å². The van der Waals surface area contributed by atoms with Crippen LogP contribution in [0.3, 0.4) is 0 Å². The maximum atomic E-state index is 13.5. The summed E-state index contributed by atoms with van der Waals surface area (Å²) in [6, 6.07) is 13.2. The second-order valence-electron chi connectivity index (χ2n) is 8.41. The monoisotopic (exact) mass is 439 g/mol. The zero-order chi connectivity index (χ0) is 22.6. The zero-order valence-electron chi connectivity index (χ0n) is 19.0. The van der Waals surface area contributed by atoms with Gasteiger partial charge in [-0.1, -0.05) is 68.5 Å². The molecule has 2 aromatic carbocycles. The lowest BCUT2D eigenvalue weighted by Gasteiger charge is -2.12.